The molecule has 4 heteroatoms. The van der Waals surface area contributed by atoms with Gasteiger partial charge in [-0.2, -0.15) is 0 Å². The van der Waals surface area contributed by atoms with Crippen LogP contribution in [0.4, 0.5) is 0 Å². The van der Waals surface area contributed by atoms with E-state index in [0.717, 1.165) is 41.5 Å². The van der Waals surface area contributed by atoms with E-state index in [-0.39, 0.29) is 18.1 Å². The molecule has 1 aromatic carbocycles. The van der Waals surface area contributed by atoms with E-state index in [9.17, 15) is 4.79 Å². The standard InChI is InChI=1S/C14H16BrNO2/c1-9-6-10(2-5-13(9)15)14(17)16-7-11-3-4-12(8-16)18-11/h2,5-6,11-12H,3-4,7-8H2,1H3. The molecule has 2 fully saturated rings. The maximum atomic E-state index is 12.4. The molecule has 2 atom stereocenters. The third-order valence-corrected chi connectivity index (χ3v) is 4.63. The van der Waals surface area contributed by atoms with Crippen molar-refractivity contribution in [1.29, 1.82) is 0 Å². The zero-order valence-electron chi connectivity index (χ0n) is 10.4. The van der Waals surface area contributed by atoms with Gasteiger partial charge >= 0.3 is 0 Å². The van der Waals surface area contributed by atoms with Gasteiger partial charge in [-0.25, -0.2) is 0 Å². The SMILES string of the molecule is Cc1cc(C(=O)N2CC3CCC(C2)O3)ccc1Br. The van der Waals surface area contributed by atoms with Crippen LogP contribution in [0, 0.1) is 6.92 Å². The number of carbonyl (C=O) groups excluding carboxylic acids is 1. The zero-order valence-corrected chi connectivity index (χ0v) is 11.9. The molecule has 0 aliphatic carbocycles. The fourth-order valence-corrected chi connectivity index (χ4v) is 2.99. The molecule has 2 unspecified atom stereocenters. The lowest BCUT2D eigenvalue weighted by Crippen LogP contribution is -2.45. The number of fused-ring (bicyclic) bond motifs is 2. The molecule has 96 valence electrons. The second-order valence-corrected chi connectivity index (χ2v) is 5.99. The van der Waals surface area contributed by atoms with Crippen LogP contribution in [0.3, 0.4) is 0 Å². The zero-order chi connectivity index (χ0) is 12.7. The van der Waals surface area contributed by atoms with Gasteiger partial charge in [0.1, 0.15) is 0 Å². The number of aryl methyl sites for hydroxylation is 1. The number of halogens is 1. The van der Waals surface area contributed by atoms with E-state index in [1.54, 1.807) is 0 Å². The Morgan fingerprint density at radius 3 is 2.61 bits per heavy atom. The second kappa shape index (κ2) is 4.67. The van der Waals surface area contributed by atoms with Crippen molar-refractivity contribution >= 4 is 21.8 Å². The van der Waals surface area contributed by atoms with Crippen LogP contribution in [0.25, 0.3) is 0 Å². The molecule has 2 saturated heterocycles. The fraction of sp³-hybridized carbons (Fsp3) is 0.500. The molecule has 18 heavy (non-hydrogen) atoms. The maximum absolute atomic E-state index is 12.4. The van der Waals surface area contributed by atoms with E-state index < -0.39 is 0 Å². The molecule has 2 bridgehead atoms. The number of likely N-dealkylation sites (tertiary alicyclic amines) is 1. The molecule has 2 aliphatic rings. The number of benzene rings is 1. The third-order valence-electron chi connectivity index (χ3n) is 3.74. The molecule has 0 radical (unpaired) electrons. The second-order valence-electron chi connectivity index (χ2n) is 5.13. The van der Waals surface area contributed by atoms with Crippen LogP contribution >= 0.6 is 15.9 Å². The molecular formula is C14H16BrNO2. The van der Waals surface area contributed by atoms with Crippen LogP contribution < -0.4 is 0 Å². The van der Waals surface area contributed by atoms with Crippen molar-refractivity contribution in [1.82, 2.24) is 4.90 Å². The highest BCUT2D eigenvalue weighted by Crippen LogP contribution is 2.27. The predicted molar refractivity (Wildman–Crippen MR) is 72.7 cm³/mol. The average molecular weight is 310 g/mol. The Hall–Kier alpha value is -0.870. The lowest BCUT2D eigenvalue weighted by atomic mass is 10.1. The molecule has 1 amide bonds. The molecule has 2 heterocycles. The Kier molecular flexibility index (Phi) is 3.16. The molecule has 0 saturated carbocycles. The summed E-state index contributed by atoms with van der Waals surface area (Å²) in [6, 6.07) is 5.78. The van der Waals surface area contributed by atoms with Gasteiger partial charge in [-0.05, 0) is 43.5 Å². The van der Waals surface area contributed by atoms with E-state index in [1.807, 2.05) is 30.0 Å². The van der Waals surface area contributed by atoms with Gasteiger partial charge in [0.05, 0.1) is 12.2 Å². The van der Waals surface area contributed by atoms with Crippen molar-refractivity contribution in [2.75, 3.05) is 13.1 Å². The summed E-state index contributed by atoms with van der Waals surface area (Å²) < 4.78 is 6.80. The highest BCUT2D eigenvalue weighted by molar-refractivity contribution is 9.10. The molecule has 0 spiro atoms. The summed E-state index contributed by atoms with van der Waals surface area (Å²) in [4.78, 5) is 14.4. The highest BCUT2D eigenvalue weighted by Gasteiger charge is 2.35. The van der Waals surface area contributed by atoms with Crippen LogP contribution in [0.1, 0.15) is 28.8 Å². The molecule has 1 aromatic rings. The summed E-state index contributed by atoms with van der Waals surface area (Å²) in [5.41, 5.74) is 1.87. The quantitative estimate of drug-likeness (QED) is 0.798. The Bertz CT molecular complexity index is 477. The van der Waals surface area contributed by atoms with E-state index in [1.165, 1.54) is 0 Å². The first-order valence-electron chi connectivity index (χ1n) is 6.34. The number of morpholine rings is 1. The number of nitrogens with zero attached hydrogens (tertiary/aromatic N) is 1. The molecule has 2 aliphatic heterocycles. The van der Waals surface area contributed by atoms with E-state index in [2.05, 4.69) is 15.9 Å². The minimum absolute atomic E-state index is 0.130. The van der Waals surface area contributed by atoms with E-state index >= 15 is 0 Å². The van der Waals surface area contributed by atoms with Crippen LogP contribution in [0.5, 0.6) is 0 Å². The van der Waals surface area contributed by atoms with Crippen molar-refractivity contribution in [2.24, 2.45) is 0 Å². The summed E-state index contributed by atoms with van der Waals surface area (Å²) in [7, 11) is 0. The van der Waals surface area contributed by atoms with Gasteiger partial charge in [-0.3, -0.25) is 4.79 Å². The fourth-order valence-electron chi connectivity index (χ4n) is 2.74. The number of amides is 1. The monoisotopic (exact) mass is 309 g/mol. The Labute approximate surface area is 115 Å². The van der Waals surface area contributed by atoms with Gasteiger partial charge < -0.3 is 9.64 Å². The summed E-state index contributed by atoms with van der Waals surface area (Å²) >= 11 is 3.46. The van der Waals surface area contributed by atoms with Gasteiger partial charge in [0, 0.05) is 23.1 Å². The highest BCUT2D eigenvalue weighted by atomic mass is 79.9. The van der Waals surface area contributed by atoms with Gasteiger partial charge in [0.25, 0.3) is 5.91 Å². The molecule has 0 N–H and O–H groups in total. The first kappa shape index (κ1) is 12.2. The summed E-state index contributed by atoms with van der Waals surface area (Å²) in [5, 5.41) is 0. The summed E-state index contributed by atoms with van der Waals surface area (Å²) in [5.74, 6) is 0.130. The first-order valence-corrected chi connectivity index (χ1v) is 7.13. The van der Waals surface area contributed by atoms with Crippen LogP contribution in [-0.2, 0) is 4.74 Å². The molecular weight excluding hydrogens is 294 g/mol. The van der Waals surface area contributed by atoms with E-state index in [4.69, 9.17) is 4.74 Å². The Morgan fingerprint density at radius 2 is 2.00 bits per heavy atom. The van der Waals surface area contributed by atoms with Crippen LogP contribution in [0.15, 0.2) is 22.7 Å². The lowest BCUT2D eigenvalue weighted by molar-refractivity contribution is -0.0303. The average Bonchev–Trinajstić information content (AvgIpc) is 2.71. The van der Waals surface area contributed by atoms with Crippen molar-refractivity contribution < 1.29 is 9.53 Å². The normalized spacial score (nSPS) is 26.4. The van der Waals surface area contributed by atoms with Crippen molar-refractivity contribution in [3.63, 3.8) is 0 Å². The molecule has 3 nitrogen and oxygen atoms in total. The first-order chi connectivity index (χ1) is 8.63. The van der Waals surface area contributed by atoms with Crippen LogP contribution in [0.2, 0.25) is 0 Å². The number of rotatable bonds is 1. The smallest absolute Gasteiger partial charge is 0.254 e. The Balaban J connectivity index is 1.79. The van der Waals surface area contributed by atoms with Gasteiger partial charge in [0.2, 0.25) is 0 Å². The van der Waals surface area contributed by atoms with Gasteiger partial charge in [-0.15, -0.1) is 0 Å². The predicted octanol–water partition coefficient (Wildman–Crippen LogP) is 2.76. The van der Waals surface area contributed by atoms with Crippen molar-refractivity contribution in [3.05, 3.63) is 33.8 Å². The third kappa shape index (κ3) is 2.19. The van der Waals surface area contributed by atoms with Crippen LogP contribution in [-0.4, -0.2) is 36.1 Å². The van der Waals surface area contributed by atoms with Crippen molar-refractivity contribution in [2.45, 2.75) is 32.0 Å². The molecule has 3 rings (SSSR count). The lowest BCUT2D eigenvalue weighted by Gasteiger charge is -2.32. The summed E-state index contributed by atoms with van der Waals surface area (Å²) in [6.45, 7) is 3.48. The minimum atomic E-state index is 0.130. The van der Waals surface area contributed by atoms with Gasteiger partial charge in [0.15, 0.2) is 0 Å². The Morgan fingerprint density at radius 1 is 1.33 bits per heavy atom. The number of ether oxygens (including phenoxy) is 1. The topological polar surface area (TPSA) is 29.5 Å². The number of hydrogen-bond acceptors (Lipinski definition) is 2. The van der Waals surface area contributed by atoms with Crippen molar-refractivity contribution in [3.8, 4) is 0 Å². The minimum Gasteiger partial charge on any atom is -0.371 e. The number of hydrogen-bond donors (Lipinski definition) is 0. The maximum Gasteiger partial charge on any atom is 0.254 e. The largest absolute Gasteiger partial charge is 0.371 e. The molecule has 0 aromatic heterocycles. The van der Waals surface area contributed by atoms with Gasteiger partial charge in [-0.1, -0.05) is 15.9 Å². The van der Waals surface area contributed by atoms with E-state index in [0.29, 0.717) is 0 Å². The summed E-state index contributed by atoms with van der Waals surface area (Å²) in [6.07, 6.45) is 2.69. The number of carbonyl (C=O) groups is 1.